The van der Waals surface area contributed by atoms with Crippen molar-refractivity contribution < 1.29 is 13.6 Å². The summed E-state index contributed by atoms with van der Waals surface area (Å²) in [6.45, 7) is 1.71. The molecule has 8 heteroatoms. The van der Waals surface area contributed by atoms with Crippen LogP contribution in [-0.2, 0) is 0 Å². The number of rotatable bonds is 4. The molecule has 25 heavy (non-hydrogen) atoms. The summed E-state index contributed by atoms with van der Waals surface area (Å²) < 4.78 is 27.5. The van der Waals surface area contributed by atoms with E-state index in [1.165, 1.54) is 12.1 Å². The molecule has 0 radical (unpaired) electrons. The van der Waals surface area contributed by atoms with Crippen LogP contribution in [0, 0.1) is 0 Å². The average Bonchev–Trinajstić information content (AvgIpc) is 3.33. The van der Waals surface area contributed by atoms with E-state index in [-0.39, 0.29) is 15.8 Å². The van der Waals surface area contributed by atoms with E-state index in [1.807, 2.05) is 28.8 Å². The van der Waals surface area contributed by atoms with E-state index < -0.39 is 12.3 Å². The molecule has 130 valence electrons. The largest absolute Gasteiger partial charge is 0.315 e. The second-order valence-electron chi connectivity index (χ2n) is 5.90. The SMILES string of the molecule is O=C(Nc1nc2ccccc2n1[C@@H]1CCNC1)c1ccc(C(F)F)s1. The molecule has 1 atom stereocenters. The van der Waals surface area contributed by atoms with Gasteiger partial charge in [0.1, 0.15) is 0 Å². The van der Waals surface area contributed by atoms with Crippen molar-refractivity contribution >= 4 is 34.2 Å². The van der Waals surface area contributed by atoms with E-state index in [0.717, 1.165) is 41.9 Å². The molecule has 2 N–H and O–H groups in total. The minimum atomic E-state index is -2.57. The molecule has 2 aromatic heterocycles. The Morgan fingerprint density at radius 3 is 2.88 bits per heavy atom. The zero-order valence-corrected chi connectivity index (χ0v) is 14.0. The van der Waals surface area contributed by atoms with Crippen LogP contribution < -0.4 is 10.6 Å². The molecule has 3 aromatic rings. The molecule has 1 aliphatic heterocycles. The fourth-order valence-corrected chi connectivity index (χ4v) is 3.88. The number of thiophene rings is 1. The Morgan fingerprint density at radius 2 is 2.16 bits per heavy atom. The smallest absolute Gasteiger partial charge is 0.272 e. The number of nitrogens with one attached hydrogen (secondary N) is 2. The van der Waals surface area contributed by atoms with E-state index in [2.05, 4.69) is 15.6 Å². The number of carbonyl (C=O) groups is 1. The van der Waals surface area contributed by atoms with Gasteiger partial charge in [-0.25, -0.2) is 13.8 Å². The highest BCUT2D eigenvalue weighted by molar-refractivity contribution is 7.14. The summed E-state index contributed by atoms with van der Waals surface area (Å²) in [6, 6.07) is 10.6. The number of nitrogens with zero attached hydrogens (tertiary/aromatic N) is 2. The monoisotopic (exact) mass is 362 g/mol. The maximum Gasteiger partial charge on any atom is 0.272 e. The second-order valence-corrected chi connectivity index (χ2v) is 7.01. The number of carbonyl (C=O) groups excluding carboxylic acids is 1. The highest BCUT2D eigenvalue weighted by atomic mass is 32.1. The number of alkyl halides is 2. The van der Waals surface area contributed by atoms with Gasteiger partial charge in [-0.1, -0.05) is 12.1 Å². The number of amides is 1. The highest BCUT2D eigenvalue weighted by Gasteiger charge is 2.24. The van der Waals surface area contributed by atoms with Gasteiger partial charge in [-0.2, -0.15) is 0 Å². The normalized spacial score (nSPS) is 17.5. The topological polar surface area (TPSA) is 59.0 Å². The van der Waals surface area contributed by atoms with E-state index in [9.17, 15) is 13.6 Å². The van der Waals surface area contributed by atoms with Crippen molar-refractivity contribution in [1.82, 2.24) is 14.9 Å². The lowest BCUT2D eigenvalue weighted by molar-refractivity contribution is 0.102. The maximum atomic E-state index is 12.7. The van der Waals surface area contributed by atoms with E-state index >= 15 is 0 Å². The van der Waals surface area contributed by atoms with Gasteiger partial charge in [-0.15, -0.1) is 11.3 Å². The molecule has 5 nitrogen and oxygen atoms in total. The Morgan fingerprint density at radius 1 is 1.32 bits per heavy atom. The summed E-state index contributed by atoms with van der Waals surface area (Å²) in [7, 11) is 0. The number of anilines is 1. The van der Waals surface area contributed by atoms with Crippen LogP contribution in [0.4, 0.5) is 14.7 Å². The van der Waals surface area contributed by atoms with Crippen molar-refractivity contribution in [2.45, 2.75) is 18.9 Å². The second kappa shape index (κ2) is 6.53. The summed E-state index contributed by atoms with van der Waals surface area (Å²) in [4.78, 5) is 17.1. The summed E-state index contributed by atoms with van der Waals surface area (Å²) in [6.07, 6.45) is -1.63. The molecule has 1 saturated heterocycles. The van der Waals surface area contributed by atoms with Crippen molar-refractivity contribution in [2.75, 3.05) is 18.4 Å². The minimum Gasteiger partial charge on any atom is -0.315 e. The molecule has 1 aromatic carbocycles. The number of imidazole rings is 1. The van der Waals surface area contributed by atoms with Crippen LogP contribution in [0.25, 0.3) is 11.0 Å². The fraction of sp³-hybridized carbons (Fsp3) is 0.294. The van der Waals surface area contributed by atoms with Gasteiger partial charge in [-0.05, 0) is 37.2 Å². The first kappa shape index (κ1) is 16.2. The van der Waals surface area contributed by atoms with Gasteiger partial charge in [0.05, 0.1) is 26.8 Å². The van der Waals surface area contributed by atoms with Crippen molar-refractivity contribution in [3.63, 3.8) is 0 Å². The molecular weight excluding hydrogens is 346 g/mol. The van der Waals surface area contributed by atoms with Gasteiger partial charge in [0.2, 0.25) is 5.95 Å². The van der Waals surface area contributed by atoms with Crippen molar-refractivity contribution in [1.29, 1.82) is 0 Å². The van der Waals surface area contributed by atoms with Crippen molar-refractivity contribution in [3.8, 4) is 0 Å². The molecular formula is C17H16F2N4OS. The molecule has 1 fully saturated rings. The van der Waals surface area contributed by atoms with Gasteiger partial charge in [0, 0.05) is 6.54 Å². The quantitative estimate of drug-likeness (QED) is 0.742. The lowest BCUT2D eigenvalue weighted by Crippen LogP contribution is -2.19. The van der Waals surface area contributed by atoms with E-state index in [0.29, 0.717) is 5.95 Å². The van der Waals surface area contributed by atoms with Gasteiger partial charge in [-0.3, -0.25) is 10.1 Å². The predicted octanol–water partition coefficient (Wildman–Crippen LogP) is 3.82. The van der Waals surface area contributed by atoms with Crippen LogP contribution >= 0.6 is 11.3 Å². The number of para-hydroxylation sites is 2. The molecule has 3 heterocycles. The summed E-state index contributed by atoms with van der Waals surface area (Å²) >= 11 is 0.802. The van der Waals surface area contributed by atoms with Crippen LogP contribution in [0.3, 0.4) is 0 Å². The average molecular weight is 362 g/mol. The number of fused-ring (bicyclic) bond motifs is 1. The number of halogens is 2. The Labute approximate surface area is 146 Å². The molecule has 1 amide bonds. The number of hydrogen-bond acceptors (Lipinski definition) is 4. The van der Waals surface area contributed by atoms with Crippen molar-refractivity contribution in [2.24, 2.45) is 0 Å². The van der Waals surface area contributed by atoms with E-state index in [4.69, 9.17) is 0 Å². The first-order chi connectivity index (χ1) is 12.1. The lowest BCUT2D eigenvalue weighted by Gasteiger charge is -2.15. The Kier molecular flexibility index (Phi) is 4.22. The third-order valence-corrected chi connectivity index (χ3v) is 5.38. The minimum absolute atomic E-state index is 0.112. The summed E-state index contributed by atoms with van der Waals surface area (Å²) in [5.74, 6) is 0.0336. The van der Waals surface area contributed by atoms with Crippen LogP contribution in [0.2, 0.25) is 0 Å². The molecule has 0 bridgehead atoms. The maximum absolute atomic E-state index is 12.7. The fourth-order valence-electron chi connectivity index (χ4n) is 3.12. The lowest BCUT2D eigenvalue weighted by atomic mass is 10.2. The third-order valence-electron chi connectivity index (χ3n) is 4.29. The van der Waals surface area contributed by atoms with Gasteiger partial charge in [0.25, 0.3) is 12.3 Å². The summed E-state index contributed by atoms with van der Waals surface area (Å²) in [5.41, 5.74) is 1.75. The standard InChI is InChI=1S/C17H16F2N4OS/c18-15(19)13-5-6-14(25-13)16(24)22-17-21-11-3-1-2-4-12(11)23(17)10-7-8-20-9-10/h1-6,10,15,20H,7-9H2,(H,21,22,24)/t10-/m1/s1. The summed E-state index contributed by atoms with van der Waals surface area (Å²) in [5, 5.41) is 6.11. The van der Waals surface area contributed by atoms with Crippen LogP contribution in [-0.4, -0.2) is 28.5 Å². The Balaban J connectivity index is 1.68. The zero-order valence-electron chi connectivity index (χ0n) is 13.2. The van der Waals surface area contributed by atoms with Gasteiger partial charge >= 0.3 is 0 Å². The molecule has 0 aliphatic carbocycles. The third kappa shape index (κ3) is 3.03. The first-order valence-corrected chi connectivity index (χ1v) is 8.82. The predicted molar refractivity (Wildman–Crippen MR) is 93.5 cm³/mol. The van der Waals surface area contributed by atoms with Crippen LogP contribution in [0.1, 0.15) is 33.4 Å². The van der Waals surface area contributed by atoms with Crippen LogP contribution in [0.5, 0.6) is 0 Å². The molecule has 0 unspecified atom stereocenters. The Hall–Kier alpha value is -2.32. The molecule has 0 spiro atoms. The van der Waals surface area contributed by atoms with E-state index in [1.54, 1.807) is 0 Å². The number of benzene rings is 1. The number of aromatic nitrogens is 2. The first-order valence-electron chi connectivity index (χ1n) is 8.00. The molecule has 1 aliphatic rings. The molecule has 4 rings (SSSR count). The Bertz CT molecular complexity index is 914. The number of hydrogen-bond donors (Lipinski definition) is 2. The van der Waals surface area contributed by atoms with Gasteiger partial charge < -0.3 is 9.88 Å². The highest BCUT2D eigenvalue weighted by Crippen LogP contribution is 2.30. The zero-order chi connectivity index (χ0) is 17.4. The molecule has 0 saturated carbocycles. The van der Waals surface area contributed by atoms with Gasteiger partial charge in [0.15, 0.2) is 0 Å². The van der Waals surface area contributed by atoms with Crippen LogP contribution in [0.15, 0.2) is 36.4 Å². The van der Waals surface area contributed by atoms with Crippen molar-refractivity contribution in [3.05, 3.63) is 46.2 Å².